The lowest BCUT2D eigenvalue weighted by molar-refractivity contribution is 1.32. The third kappa shape index (κ3) is 4.21. The molecule has 0 atom stereocenters. The lowest BCUT2D eigenvalue weighted by Crippen LogP contribution is -1.96. The zero-order chi connectivity index (χ0) is 19.9. The predicted molar refractivity (Wildman–Crippen MR) is 136 cm³/mol. The topological polar surface area (TPSA) is 62.3 Å². The molecule has 156 valence electrons. The van der Waals surface area contributed by atoms with Gasteiger partial charge in [0.1, 0.15) is 0 Å². The Balaban J connectivity index is 0.00000122. The first-order chi connectivity index (χ1) is 14.8. The quantitative estimate of drug-likeness (QED) is 0.560. The highest BCUT2D eigenvalue weighted by Crippen LogP contribution is 2.28. The molecule has 5 nitrogen and oxygen atoms in total. The van der Waals surface area contributed by atoms with Crippen molar-refractivity contribution >= 4 is 53.2 Å². The molecule has 0 unspecified atom stereocenters. The Morgan fingerprint density at radius 2 is 0.969 bits per heavy atom. The summed E-state index contributed by atoms with van der Waals surface area (Å²) in [4.78, 5) is 23.0. The van der Waals surface area contributed by atoms with E-state index in [-0.39, 0.29) is 24.8 Å². The SMILES string of the molecule is C1=CC2=NC1=CC1=NC(=CC3=NC(=CC4=NC(=C2)C=C4)C=C3c2ccncc2)C=C1.Cl.Cl. The lowest BCUT2D eigenvalue weighted by atomic mass is 10.0. The largest absolute Gasteiger partial charge is 0.265 e. The Morgan fingerprint density at radius 3 is 1.53 bits per heavy atom. The normalized spacial score (nSPS) is 19.4. The van der Waals surface area contributed by atoms with Crippen molar-refractivity contribution in [1.29, 1.82) is 0 Å². The average Bonchev–Trinajstić information content (AvgIpc) is 3.53. The van der Waals surface area contributed by atoms with Crippen LogP contribution >= 0.6 is 24.8 Å². The molecule has 1 aromatic rings. The first kappa shape index (κ1) is 21.6. The van der Waals surface area contributed by atoms with E-state index in [1.54, 1.807) is 12.4 Å². The average molecular weight is 458 g/mol. The van der Waals surface area contributed by atoms with Crippen LogP contribution in [0, 0.1) is 0 Å². The minimum Gasteiger partial charge on any atom is -0.265 e. The van der Waals surface area contributed by atoms with Gasteiger partial charge in [0.2, 0.25) is 0 Å². The van der Waals surface area contributed by atoms with E-state index in [0.29, 0.717) is 0 Å². The number of rotatable bonds is 1. The summed E-state index contributed by atoms with van der Waals surface area (Å²) in [5.41, 5.74) is 9.07. The van der Waals surface area contributed by atoms with Gasteiger partial charge >= 0.3 is 0 Å². The minimum atomic E-state index is 0. The van der Waals surface area contributed by atoms with Crippen molar-refractivity contribution in [2.75, 3.05) is 0 Å². The lowest BCUT2D eigenvalue weighted by Gasteiger charge is -2.02. The number of aliphatic imine (C=N–C) groups is 4. The fourth-order valence-electron chi connectivity index (χ4n) is 3.66. The van der Waals surface area contributed by atoms with Gasteiger partial charge in [-0.25, -0.2) is 20.0 Å². The van der Waals surface area contributed by atoms with Crippen molar-refractivity contribution in [2.45, 2.75) is 0 Å². The van der Waals surface area contributed by atoms with E-state index in [1.165, 1.54) is 0 Å². The molecular weight excluding hydrogens is 441 g/mol. The standard InChI is InChI=1S/C25H15N5.2ClH/c1-2-18-12-20-5-6-22(29-20)15-25-24(16-7-9-26-10-8-16)14-23(30-25)13-21-4-3-19(28-21)11-17(1)27-18;;/h1-15H;2*1H. The first-order valence-electron chi connectivity index (χ1n) is 9.67. The number of hydrogen-bond acceptors (Lipinski definition) is 5. The summed E-state index contributed by atoms with van der Waals surface area (Å²) < 4.78 is 0. The molecule has 0 saturated carbocycles. The second kappa shape index (κ2) is 8.83. The van der Waals surface area contributed by atoms with Gasteiger partial charge in [0.05, 0.1) is 45.6 Å². The summed E-state index contributed by atoms with van der Waals surface area (Å²) >= 11 is 0. The summed E-state index contributed by atoms with van der Waals surface area (Å²) in [5, 5.41) is 0. The summed E-state index contributed by atoms with van der Waals surface area (Å²) in [5.74, 6) is 0. The van der Waals surface area contributed by atoms with Crippen LogP contribution in [0.3, 0.4) is 0 Å². The van der Waals surface area contributed by atoms with E-state index in [0.717, 1.165) is 56.8 Å². The maximum absolute atomic E-state index is 4.85. The summed E-state index contributed by atoms with van der Waals surface area (Å²) in [6, 6.07) is 3.98. The minimum absolute atomic E-state index is 0. The van der Waals surface area contributed by atoms with Crippen LogP contribution in [0.2, 0.25) is 0 Å². The highest BCUT2D eigenvalue weighted by Gasteiger charge is 2.18. The molecule has 5 aliphatic heterocycles. The van der Waals surface area contributed by atoms with Gasteiger partial charge in [-0.05, 0) is 84.5 Å². The Hall–Kier alpha value is -3.67. The van der Waals surface area contributed by atoms with Crippen molar-refractivity contribution in [3.8, 4) is 0 Å². The molecule has 0 saturated heterocycles. The van der Waals surface area contributed by atoms with Gasteiger partial charge in [0, 0.05) is 18.0 Å². The maximum Gasteiger partial charge on any atom is 0.0737 e. The van der Waals surface area contributed by atoms with Crippen LogP contribution in [0.25, 0.3) is 5.57 Å². The molecule has 0 aliphatic carbocycles. The van der Waals surface area contributed by atoms with Crippen molar-refractivity contribution < 1.29 is 0 Å². The Kier molecular flexibility index (Phi) is 5.95. The molecule has 6 heterocycles. The Morgan fingerprint density at radius 1 is 0.469 bits per heavy atom. The van der Waals surface area contributed by atoms with E-state index >= 15 is 0 Å². The number of fused-ring (bicyclic) bond motifs is 4. The van der Waals surface area contributed by atoms with Crippen LogP contribution in [0.15, 0.2) is 134 Å². The highest BCUT2D eigenvalue weighted by molar-refractivity contribution is 6.32. The van der Waals surface area contributed by atoms with Crippen LogP contribution < -0.4 is 0 Å². The van der Waals surface area contributed by atoms with Crippen molar-refractivity contribution in [3.63, 3.8) is 0 Å². The van der Waals surface area contributed by atoms with Gasteiger partial charge in [-0.1, -0.05) is 0 Å². The van der Waals surface area contributed by atoms with E-state index in [2.05, 4.69) is 21.0 Å². The van der Waals surface area contributed by atoms with Gasteiger partial charge in [0.15, 0.2) is 0 Å². The van der Waals surface area contributed by atoms with Crippen LogP contribution in [0.1, 0.15) is 5.56 Å². The van der Waals surface area contributed by atoms with Gasteiger partial charge in [-0.2, -0.15) is 0 Å². The van der Waals surface area contributed by atoms with Gasteiger partial charge < -0.3 is 0 Å². The molecule has 6 rings (SSSR count). The summed E-state index contributed by atoms with van der Waals surface area (Å²) in [6.07, 6.45) is 25.6. The summed E-state index contributed by atoms with van der Waals surface area (Å²) in [7, 11) is 0. The number of aromatic nitrogens is 1. The third-order valence-electron chi connectivity index (χ3n) is 5.03. The molecule has 32 heavy (non-hydrogen) atoms. The molecule has 0 radical (unpaired) electrons. The van der Waals surface area contributed by atoms with Crippen LogP contribution in [-0.4, -0.2) is 27.8 Å². The smallest absolute Gasteiger partial charge is 0.0737 e. The molecule has 8 bridgehead atoms. The Labute approximate surface area is 197 Å². The number of halogens is 2. The molecule has 0 N–H and O–H groups in total. The molecule has 0 fully saturated rings. The van der Waals surface area contributed by atoms with E-state index in [9.17, 15) is 0 Å². The highest BCUT2D eigenvalue weighted by atomic mass is 35.5. The zero-order valence-electron chi connectivity index (χ0n) is 16.7. The van der Waals surface area contributed by atoms with Gasteiger partial charge in [-0.3, -0.25) is 4.98 Å². The van der Waals surface area contributed by atoms with E-state index in [1.807, 2.05) is 72.9 Å². The summed E-state index contributed by atoms with van der Waals surface area (Å²) in [6.45, 7) is 0. The van der Waals surface area contributed by atoms with Crippen LogP contribution in [0.4, 0.5) is 0 Å². The maximum atomic E-state index is 4.85. The van der Waals surface area contributed by atoms with Gasteiger partial charge in [0.25, 0.3) is 0 Å². The van der Waals surface area contributed by atoms with Gasteiger partial charge in [-0.15, -0.1) is 24.8 Å². The fraction of sp³-hybridized carbons (Fsp3) is 0. The number of pyridine rings is 1. The van der Waals surface area contributed by atoms with Crippen molar-refractivity contribution in [3.05, 3.63) is 120 Å². The van der Waals surface area contributed by atoms with E-state index in [4.69, 9.17) is 9.98 Å². The molecule has 0 aromatic carbocycles. The number of hydrogen-bond donors (Lipinski definition) is 0. The number of allylic oxidation sites excluding steroid dienone is 12. The third-order valence-corrected chi connectivity index (χ3v) is 5.03. The molecule has 5 aliphatic rings. The molecule has 0 spiro atoms. The molecule has 1 aromatic heterocycles. The monoisotopic (exact) mass is 457 g/mol. The second-order valence-electron chi connectivity index (χ2n) is 7.18. The zero-order valence-corrected chi connectivity index (χ0v) is 18.3. The number of nitrogens with zero attached hydrogens (tertiary/aromatic N) is 5. The van der Waals surface area contributed by atoms with Crippen molar-refractivity contribution in [2.24, 2.45) is 20.0 Å². The van der Waals surface area contributed by atoms with Crippen LogP contribution in [-0.2, 0) is 0 Å². The van der Waals surface area contributed by atoms with E-state index < -0.39 is 0 Å². The molecule has 7 heteroatoms. The first-order valence-corrected chi connectivity index (χ1v) is 9.67. The predicted octanol–water partition coefficient (Wildman–Crippen LogP) is 5.34. The van der Waals surface area contributed by atoms with Crippen molar-refractivity contribution in [1.82, 2.24) is 4.98 Å². The second-order valence-corrected chi connectivity index (χ2v) is 7.18. The molecular formula is C25H17Cl2N5. The fourth-order valence-corrected chi connectivity index (χ4v) is 3.66. The van der Waals surface area contributed by atoms with Crippen LogP contribution in [0.5, 0.6) is 0 Å². The molecule has 0 amide bonds. The Bertz CT molecular complexity index is 1360.